The maximum atomic E-state index is 13.0. The Hall–Kier alpha value is -5.19. The predicted molar refractivity (Wildman–Crippen MR) is 205 cm³/mol. The first-order valence-electron chi connectivity index (χ1n) is 18.3. The molecule has 0 aliphatic heterocycles. The van der Waals surface area contributed by atoms with E-state index >= 15 is 0 Å². The summed E-state index contributed by atoms with van der Waals surface area (Å²) in [4.78, 5) is 31.7. The predicted octanol–water partition coefficient (Wildman–Crippen LogP) is 10.1. The molecule has 0 radical (unpaired) electrons. The molecule has 0 spiro atoms. The normalized spacial score (nSPS) is 14.0. The Morgan fingerprint density at radius 3 is 2.29 bits per heavy atom. The highest BCUT2D eigenvalue weighted by Crippen LogP contribution is 2.36. The van der Waals surface area contributed by atoms with Crippen molar-refractivity contribution in [3.8, 4) is 16.9 Å². The highest BCUT2D eigenvalue weighted by atomic mass is 35.5. The molecule has 55 heavy (non-hydrogen) atoms. The first kappa shape index (κ1) is 39.5. The lowest BCUT2D eigenvalue weighted by atomic mass is 9.89. The molecule has 6 rings (SSSR count). The summed E-state index contributed by atoms with van der Waals surface area (Å²) >= 11 is 6.66. The second-order valence-corrected chi connectivity index (χ2v) is 13.8. The SMILES string of the molecule is CCOC(=O)c1ccc2c(n1)CCC[C@@H]2N(CCc1ccc(C(=O)OC)cc1)CCc1ccccc1OCc1ccc(-c2ccc(C(F)(F)F)cc2)cc1Cl. The molecule has 0 saturated heterocycles. The van der Waals surface area contributed by atoms with Crippen LogP contribution in [0.2, 0.25) is 5.02 Å². The van der Waals surface area contributed by atoms with Gasteiger partial charge in [0.05, 0.1) is 24.8 Å². The number of carbonyl (C=O) groups is 2. The van der Waals surface area contributed by atoms with Gasteiger partial charge in [0.1, 0.15) is 18.1 Å². The standard InChI is InChI=1S/C44H42ClF3N2O5/c1-3-54-43(52)39-22-21-36-38(49-39)8-6-9-40(36)50(25-23-29-11-13-32(14-12-29)42(51)53-2)26-24-31-7-4-5-10-41(31)55-28-34-16-15-33(27-37(34)45)30-17-19-35(20-18-30)44(46,47)48/h4-5,7,10-22,27,40H,3,6,8-9,23-26,28H2,1-2H3/t40-/m0/s1. The molecule has 0 saturated carbocycles. The van der Waals surface area contributed by atoms with Crippen LogP contribution >= 0.6 is 11.6 Å². The van der Waals surface area contributed by atoms with Crippen LogP contribution in [0.15, 0.2) is 103 Å². The lowest BCUT2D eigenvalue weighted by Crippen LogP contribution is -2.35. The number of hydrogen-bond acceptors (Lipinski definition) is 7. The number of fused-ring (bicyclic) bond motifs is 1. The summed E-state index contributed by atoms with van der Waals surface area (Å²) in [5.41, 5.74) is 6.35. The van der Waals surface area contributed by atoms with Crippen molar-refractivity contribution >= 4 is 23.5 Å². The minimum absolute atomic E-state index is 0.0805. The zero-order chi connectivity index (χ0) is 39.0. The van der Waals surface area contributed by atoms with E-state index in [2.05, 4.69) is 11.0 Å². The number of nitrogens with zero attached hydrogens (tertiary/aromatic N) is 2. The molecule has 1 atom stereocenters. The minimum Gasteiger partial charge on any atom is -0.489 e. The van der Waals surface area contributed by atoms with Crippen molar-refractivity contribution in [1.29, 1.82) is 0 Å². The Morgan fingerprint density at radius 1 is 0.855 bits per heavy atom. The number of esters is 2. The zero-order valence-electron chi connectivity index (χ0n) is 30.7. The number of aromatic nitrogens is 1. The van der Waals surface area contributed by atoms with Crippen LogP contribution in [-0.2, 0) is 41.5 Å². The van der Waals surface area contributed by atoms with Crippen molar-refractivity contribution in [3.63, 3.8) is 0 Å². The first-order chi connectivity index (χ1) is 26.5. The quantitative estimate of drug-likeness (QED) is 0.104. The topological polar surface area (TPSA) is 78.0 Å². The van der Waals surface area contributed by atoms with Gasteiger partial charge >= 0.3 is 18.1 Å². The molecule has 1 aliphatic rings. The van der Waals surface area contributed by atoms with Gasteiger partial charge in [-0.1, -0.05) is 72.3 Å². The highest BCUT2D eigenvalue weighted by Gasteiger charge is 2.30. The third kappa shape index (κ3) is 9.92. The summed E-state index contributed by atoms with van der Waals surface area (Å²) in [7, 11) is 1.37. The highest BCUT2D eigenvalue weighted by molar-refractivity contribution is 6.31. The molecule has 0 fully saturated rings. The molecule has 1 heterocycles. The van der Waals surface area contributed by atoms with Crippen LogP contribution in [0.3, 0.4) is 0 Å². The number of alkyl halides is 3. The molecule has 11 heteroatoms. The van der Waals surface area contributed by atoms with Crippen LogP contribution in [0.4, 0.5) is 13.2 Å². The van der Waals surface area contributed by atoms with Crippen molar-refractivity contribution in [2.75, 3.05) is 26.8 Å². The smallest absolute Gasteiger partial charge is 0.416 e. The van der Waals surface area contributed by atoms with E-state index in [4.69, 9.17) is 30.8 Å². The average molecular weight is 771 g/mol. The van der Waals surface area contributed by atoms with E-state index in [1.807, 2.05) is 48.5 Å². The molecule has 5 aromatic rings. The minimum atomic E-state index is -4.40. The van der Waals surface area contributed by atoms with Crippen molar-refractivity contribution < 1.29 is 37.0 Å². The molecule has 0 N–H and O–H groups in total. The van der Waals surface area contributed by atoms with Gasteiger partial charge in [0.25, 0.3) is 0 Å². The number of hydrogen-bond donors (Lipinski definition) is 0. The second-order valence-electron chi connectivity index (χ2n) is 13.4. The van der Waals surface area contributed by atoms with Crippen LogP contribution < -0.4 is 4.74 Å². The fraction of sp³-hybridized carbons (Fsp3) is 0.295. The summed E-state index contributed by atoms with van der Waals surface area (Å²) in [5.74, 6) is -0.0683. The second kappa shape index (κ2) is 18.0. The monoisotopic (exact) mass is 770 g/mol. The Labute approximate surface area is 324 Å². The molecule has 286 valence electrons. The largest absolute Gasteiger partial charge is 0.489 e. The molecule has 0 amide bonds. The van der Waals surface area contributed by atoms with E-state index in [1.165, 1.54) is 19.2 Å². The Morgan fingerprint density at radius 2 is 1.58 bits per heavy atom. The number of ether oxygens (including phenoxy) is 3. The van der Waals surface area contributed by atoms with Crippen LogP contribution in [-0.4, -0.2) is 48.6 Å². The number of para-hydroxylation sites is 1. The molecule has 7 nitrogen and oxygen atoms in total. The summed E-state index contributed by atoms with van der Waals surface area (Å²) in [6, 6.07) is 29.6. The van der Waals surface area contributed by atoms with Crippen molar-refractivity contribution in [1.82, 2.24) is 9.88 Å². The number of carbonyl (C=O) groups excluding carboxylic acids is 2. The maximum absolute atomic E-state index is 13.0. The van der Waals surface area contributed by atoms with Crippen LogP contribution in [0, 0.1) is 0 Å². The van der Waals surface area contributed by atoms with Gasteiger partial charge in [0.15, 0.2) is 0 Å². The van der Waals surface area contributed by atoms with Crippen molar-refractivity contribution in [2.24, 2.45) is 0 Å². The molecule has 4 aromatic carbocycles. The van der Waals surface area contributed by atoms with Gasteiger partial charge < -0.3 is 14.2 Å². The van der Waals surface area contributed by atoms with Gasteiger partial charge in [-0.15, -0.1) is 0 Å². The van der Waals surface area contributed by atoms with Crippen molar-refractivity contribution in [2.45, 2.75) is 57.9 Å². The molecule has 1 aliphatic carbocycles. The summed E-state index contributed by atoms with van der Waals surface area (Å²) in [6.45, 7) is 3.72. The Bertz CT molecular complexity index is 2100. The van der Waals surface area contributed by atoms with E-state index in [9.17, 15) is 22.8 Å². The van der Waals surface area contributed by atoms with Crippen LogP contribution in [0.25, 0.3) is 11.1 Å². The zero-order valence-corrected chi connectivity index (χ0v) is 31.5. The summed E-state index contributed by atoms with van der Waals surface area (Å²) < 4.78 is 55.6. The van der Waals surface area contributed by atoms with Gasteiger partial charge in [-0.3, -0.25) is 4.90 Å². The van der Waals surface area contributed by atoms with Gasteiger partial charge in [-0.25, -0.2) is 14.6 Å². The van der Waals surface area contributed by atoms with E-state index in [0.29, 0.717) is 40.4 Å². The van der Waals surface area contributed by atoms with E-state index in [-0.39, 0.29) is 25.2 Å². The first-order valence-corrected chi connectivity index (χ1v) is 18.7. The molecule has 1 aromatic heterocycles. The lowest BCUT2D eigenvalue weighted by Gasteiger charge is -2.36. The van der Waals surface area contributed by atoms with E-state index < -0.39 is 17.7 Å². The molecular formula is C44H42ClF3N2O5. The van der Waals surface area contributed by atoms with Crippen LogP contribution in [0.1, 0.15) is 80.2 Å². The van der Waals surface area contributed by atoms with E-state index in [1.54, 1.807) is 31.2 Å². The molecule has 0 bridgehead atoms. The van der Waals surface area contributed by atoms with Crippen molar-refractivity contribution in [3.05, 3.63) is 153 Å². The lowest BCUT2D eigenvalue weighted by molar-refractivity contribution is -0.137. The fourth-order valence-electron chi connectivity index (χ4n) is 6.92. The maximum Gasteiger partial charge on any atom is 0.416 e. The number of rotatable bonds is 14. The van der Waals surface area contributed by atoms with Crippen LogP contribution in [0.5, 0.6) is 5.75 Å². The molecule has 0 unspecified atom stereocenters. The molecular weight excluding hydrogens is 729 g/mol. The van der Waals surface area contributed by atoms with Gasteiger partial charge in [-0.05, 0) is 109 Å². The summed E-state index contributed by atoms with van der Waals surface area (Å²) in [6.07, 6.45) is -0.304. The third-order valence-electron chi connectivity index (χ3n) is 9.87. The third-order valence-corrected chi connectivity index (χ3v) is 10.2. The Balaban J connectivity index is 1.18. The summed E-state index contributed by atoms with van der Waals surface area (Å²) in [5, 5.41) is 0.455. The van der Waals surface area contributed by atoms with Gasteiger partial charge in [0.2, 0.25) is 0 Å². The fourth-order valence-corrected chi connectivity index (χ4v) is 7.16. The number of pyridine rings is 1. The van der Waals surface area contributed by atoms with Gasteiger partial charge in [0, 0.05) is 35.4 Å². The Kier molecular flexibility index (Phi) is 12.9. The number of halogens is 4. The van der Waals surface area contributed by atoms with E-state index in [0.717, 1.165) is 78.1 Å². The number of methoxy groups -OCH3 is 1. The average Bonchev–Trinajstić information content (AvgIpc) is 3.20. The number of benzene rings is 4. The number of aryl methyl sites for hydroxylation is 1. The van der Waals surface area contributed by atoms with Gasteiger partial charge in [-0.2, -0.15) is 13.2 Å².